The van der Waals surface area contributed by atoms with E-state index in [-0.39, 0.29) is 5.91 Å². The smallest absolute Gasteiger partial charge is 0.263 e. The maximum Gasteiger partial charge on any atom is 0.263 e. The van der Waals surface area contributed by atoms with Crippen LogP contribution in [-0.2, 0) is 0 Å². The fourth-order valence-electron chi connectivity index (χ4n) is 2.21. The molecular weight excluding hydrogens is 222 g/mol. The van der Waals surface area contributed by atoms with Gasteiger partial charge in [0.2, 0.25) is 0 Å². The Morgan fingerprint density at radius 1 is 1.62 bits per heavy atom. The van der Waals surface area contributed by atoms with Gasteiger partial charge in [-0.05, 0) is 18.8 Å². The second-order valence-corrected chi connectivity index (χ2v) is 5.57. The Kier molecular flexibility index (Phi) is 3.43. The molecule has 4 nitrogen and oxygen atoms in total. The second kappa shape index (κ2) is 4.82. The fourth-order valence-corrected chi connectivity index (χ4v) is 2.80. The van der Waals surface area contributed by atoms with Crippen LogP contribution in [0.3, 0.4) is 0 Å². The number of nitrogen functional groups attached to an aromatic ring is 1. The monoisotopic (exact) mass is 239 g/mol. The van der Waals surface area contributed by atoms with E-state index in [4.69, 9.17) is 5.73 Å². The minimum atomic E-state index is -0.0340. The van der Waals surface area contributed by atoms with Crippen LogP contribution in [0.4, 0.5) is 5.13 Å². The van der Waals surface area contributed by atoms with Crippen molar-refractivity contribution in [3.8, 4) is 0 Å². The van der Waals surface area contributed by atoms with Crippen molar-refractivity contribution in [2.24, 2.45) is 5.92 Å². The molecule has 1 fully saturated rings. The molecule has 0 spiro atoms. The van der Waals surface area contributed by atoms with Gasteiger partial charge in [0.15, 0.2) is 5.13 Å². The molecule has 0 aliphatic heterocycles. The van der Waals surface area contributed by atoms with E-state index < -0.39 is 0 Å². The average Bonchev–Trinajstić information content (AvgIpc) is 2.65. The van der Waals surface area contributed by atoms with Gasteiger partial charge in [0.25, 0.3) is 5.91 Å². The topological polar surface area (TPSA) is 68.0 Å². The molecule has 16 heavy (non-hydrogen) atoms. The molecule has 1 amide bonds. The highest BCUT2D eigenvalue weighted by Gasteiger charge is 2.21. The van der Waals surface area contributed by atoms with Crippen molar-refractivity contribution < 1.29 is 4.79 Å². The lowest BCUT2D eigenvalue weighted by Gasteiger charge is -2.27. The minimum Gasteiger partial charge on any atom is -0.375 e. The van der Waals surface area contributed by atoms with Gasteiger partial charge in [-0.3, -0.25) is 4.79 Å². The van der Waals surface area contributed by atoms with Crippen LogP contribution in [0.15, 0.2) is 6.20 Å². The molecule has 0 bridgehead atoms. The highest BCUT2D eigenvalue weighted by Crippen LogP contribution is 2.24. The average molecular weight is 239 g/mol. The predicted molar refractivity (Wildman–Crippen MR) is 65.4 cm³/mol. The van der Waals surface area contributed by atoms with Gasteiger partial charge in [-0.15, -0.1) is 0 Å². The van der Waals surface area contributed by atoms with E-state index in [1.54, 1.807) is 6.20 Å². The molecule has 3 N–H and O–H groups in total. The lowest BCUT2D eigenvalue weighted by Crippen LogP contribution is -2.37. The summed E-state index contributed by atoms with van der Waals surface area (Å²) in [6.45, 7) is 2.24. The van der Waals surface area contributed by atoms with Crippen LogP contribution in [0.1, 0.15) is 42.3 Å². The molecule has 2 atom stereocenters. The van der Waals surface area contributed by atoms with Crippen molar-refractivity contribution in [3.63, 3.8) is 0 Å². The number of thiazole rings is 1. The van der Waals surface area contributed by atoms with Crippen LogP contribution < -0.4 is 11.1 Å². The minimum absolute atomic E-state index is 0.0340. The van der Waals surface area contributed by atoms with Crippen LogP contribution in [0, 0.1) is 5.92 Å². The molecule has 0 aromatic carbocycles. The lowest BCUT2D eigenvalue weighted by molar-refractivity contribution is 0.0925. The number of nitrogens with zero attached hydrogens (tertiary/aromatic N) is 1. The van der Waals surface area contributed by atoms with E-state index in [1.807, 2.05) is 0 Å². The first-order chi connectivity index (χ1) is 7.65. The third-order valence-corrected chi connectivity index (χ3v) is 3.84. The summed E-state index contributed by atoms with van der Waals surface area (Å²) in [4.78, 5) is 16.3. The van der Waals surface area contributed by atoms with E-state index in [0.717, 1.165) is 12.8 Å². The molecule has 1 aromatic heterocycles. The Morgan fingerprint density at radius 3 is 3.06 bits per heavy atom. The molecule has 1 heterocycles. The number of aromatic nitrogens is 1. The molecule has 2 rings (SSSR count). The molecule has 88 valence electrons. The first-order valence-electron chi connectivity index (χ1n) is 5.67. The zero-order valence-electron chi connectivity index (χ0n) is 9.40. The number of carbonyl (C=O) groups is 1. The molecular formula is C11H17N3OS. The van der Waals surface area contributed by atoms with Crippen molar-refractivity contribution in [2.45, 2.75) is 38.6 Å². The molecule has 1 aliphatic rings. The second-order valence-electron chi connectivity index (χ2n) is 4.50. The number of nitrogens with two attached hydrogens (primary N) is 1. The molecule has 0 saturated heterocycles. The van der Waals surface area contributed by atoms with Gasteiger partial charge in [-0.2, -0.15) is 0 Å². The quantitative estimate of drug-likeness (QED) is 0.829. The van der Waals surface area contributed by atoms with Crippen molar-refractivity contribution in [1.82, 2.24) is 10.3 Å². The summed E-state index contributed by atoms with van der Waals surface area (Å²) < 4.78 is 0. The van der Waals surface area contributed by atoms with Gasteiger partial charge in [0.1, 0.15) is 4.88 Å². The van der Waals surface area contributed by atoms with Crippen molar-refractivity contribution in [1.29, 1.82) is 0 Å². The lowest BCUT2D eigenvalue weighted by atomic mass is 9.87. The number of hydrogen-bond acceptors (Lipinski definition) is 4. The Morgan fingerprint density at radius 2 is 2.44 bits per heavy atom. The predicted octanol–water partition coefficient (Wildman–Crippen LogP) is 2.03. The summed E-state index contributed by atoms with van der Waals surface area (Å²) in [6.07, 6.45) is 6.20. The van der Waals surface area contributed by atoms with Gasteiger partial charge in [0, 0.05) is 6.04 Å². The zero-order chi connectivity index (χ0) is 11.5. The Labute approximate surface area is 99.3 Å². The summed E-state index contributed by atoms with van der Waals surface area (Å²) >= 11 is 1.24. The van der Waals surface area contributed by atoms with E-state index >= 15 is 0 Å². The zero-order valence-corrected chi connectivity index (χ0v) is 10.2. The molecule has 1 aromatic rings. The summed E-state index contributed by atoms with van der Waals surface area (Å²) in [5, 5.41) is 3.50. The number of carbonyl (C=O) groups excluding carboxylic acids is 1. The van der Waals surface area contributed by atoms with Gasteiger partial charge < -0.3 is 11.1 Å². The summed E-state index contributed by atoms with van der Waals surface area (Å²) in [5.41, 5.74) is 5.50. The van der Waals surface area contributed by atoms with E-state index in [2.05, 4.69) is 17.2 Å². The number of anilines is 1. The van der Waals surface area contributed by atoms with E-state index in [0.29, 0.717) is 22.0 Å². The van der Waals surface area contributed by atoms with Crippen molar-refractivity contribution in [2.75, 3.05) is 5.73 Å². The number of amides is 1. The van der Waals surface area contributed by atoms with Gasteiger partial charge in [0.05, 0.1) is 6.20 Å². The Balaban J connectivity index is 1.92. The van der Waals surface area contributed by atoms with Crippen LogP contribution in [0.5, 0.6) is 0 Å². The first-order valence-corrected chi connectivity index (χ1v) is 6.49. The molecule has 1 aliphatic carbocycles. The molecule has 5 heteroatoms. The fraction of sp³-hybridized carbons (Fsp3) is 0.636. The summed E-state index contributed by atoms with van der Waals surface area (Å²) in [6, 6.07) is 0.319. The van der Waals surface area contributed by atoms with Crippen LogP contribution in [-0.4, -0.2) is 16.9 Å². The normalized spacial score (nSPS) is 25.3. The van der Waals surface area contributed by atoms with E-state index in [9.17, 15) is 4.79 Å². The number of hydrogen-bond donors (Lipinski definition) is 2. The summed E-state index contributed by atoms with van der Waals surface area (Å²) in [7, 11) is 0. The maximum atomic E-state index is 11.8. The molecule has 0 radical (unpaired) electrons. The van der Waals surface area contributed by atoms with Gasteiger partial charge in [-0.25, -0.2) is 4.98 Å². The Hall–Kier alpha value is -1.10. The standard InChI is InChI=1S/C11H17N3OS/c1-7-3-2-4-8(5-7)14-10(15)9-6-13-11(12)16-9/h6-8H,2-5H2,1H3,(H2,12,13)(H,14,15). The van der Waals surface area contributed by atoms with Crippen molar-refractivity contribution >= 4 is 22.4 Å². The maximum absolute atomic E-state index is 11.8. The summed E-state index contributed by atoms with van der Waals surface area (Å²) in [5.74, 6) is 0.680. The third-order valence-electron chi connectivity index (χ3n) is 3.02. The van der Waals surface area contributed by atoms with Gasteiger partial charge in [-0.1, -0.05) is 31.1 Å². The van der Waals surface area contributed by atoms with Crippen LogP contribution in [0.25, 0.3) is 0 Å². The van der Waals surface area contributed by atoms with Crippen molar-refractivity contribution in [3.05, 3.63) is 11.1 Å². The van der Waals surface area contributed by atoms with Gasteiger partial charge >= 0.3 is 0 Å². The third kappa shape index (κ3) is 2.72. The Bertz CT molecular complexity index is 377. The number of rotatable bonds is 2. The molecule has 2 unspecified atom stereocenters. The molecule has 1 saturated carbocycles. The first kappa shape index (κ1) is 11.4. The number of nitrogens with one attached hydrogen (secondary N) is 1. The highest BCUT2D eigenvalue weighted by atomic mass is 32.1. The highest BCUT2D eigenvalue weighted by molar-refractivity contribution is 7.17. The van der Waals surface area contributed by atoms with Crippen LogP contribution >= 0.6 is 11.3 Å². The van der Waals surface area contributed by atoms with Crippen LogP contribution in [0.2, 0.25) is 0 Å². The SMILES string of the molecule is CC1CCCC(NC(=O)c2cnc(N)s2)C1. The van der Waals surface area contributed by atoms with E-state index in [1.165, 1.54) is 24.2 Å². The largest absolute Gasteiger partial charge is 0.375 e.